The van der Waals surface area contributed by atoms with Crippen molar-refractivity contribution in [2.24, 2.45) is 0 Å². The highest BCUT2D eigenvalue weighted by Gasteiger charge is 2.63. The zero-order valence-corrected chi connectivity index (χ0v) is 13.5. The number of likely N-dealkylation sites (tertiary alicyclic amines) is 1. The molecule has 2 atom stereocenters. The Morgan fingerprint density at radius 3 is 2.67 bits per heavy atom. The van der Waals surface area contributed by atoms with Crippen molar-refractivity contribution in [2.45, 2.75) is 30.7 Å². The molecule has 1 aromatic rings. The Morgan fingerprint density at radius 2 is 2.00 bits per heavy atom. The van der Waals surface area contributed by atoms with E-state index in [1.165, 1.54) is 11.0 Å². The second-order valence-corrected chi connectivity index (χ2v) is 7.08. The van der Waals surface area contributed by atoms with Gasteiger partial charge in [-0.15, -0.1) is 0 Å². The summed E-state index contributed by atoms with van der Waals surface area (Å²) < 4.78 is 14.0. The first-order valence-corrected chi connectivity index (χ1v) is 8.15. The van der Waals surface area contributed by atoms with Gasteiger partial charge in [0.25, 0.3) is 5.91 Å². The molecule has 2 unspecified atom stereocenters. The molecule has 1 aromatic carbocycles. The predicted molar refractivity (Wildman–Crippen MR) is 83.3 cm³/mol. The number of carbonyl (C=O) groups is 2. The highest BCUT2D eigenvalue weighted by atomic mass is 19.1. The van der Waals surface area contributed by atoms with Crippen LogP contribution in [0, 0.1) is 5.82 Å². The molecule has 6 nitrogen and oxygen atoms in total. The van der Waals surface area contributed by atoms with E-state index in [1.54, 1.807) is 18.2 Å². The summed E-state index contributed by atoms with van der Waals surface area (Å²) in [7, 11) is 1.91. The molecule has 128 valence electrons. The van der Waals surface area contributed by atoms with Crippen LogP contribution >= 0.6 is 0 Å². The van der Waals surface area contributed by atoms with Crippen LogP contribution in [0.3, 0.4) is 0 Å². The number of aliphatic hydroxyl groups is 1. The number of hydrogen-bond acceptors (Lipinski definition) is 5. The predicted octanol–water partition coefficient (Wildman–Crippen LogP) is -0.186. The maximum absolute atomic E-state index is 14.0. The lowest BCUT2D eigenvalue weighted by molar-refractivity contribution is -0.179. The fourth-order valence-electron chi connectivity index (χ4n) is 4.29. The van der Waals surface area contributed by atoms with Crippen LogP contribution in [0.5, 0.6) is 0 Å². The normalized spacial score (nSPS) is 29.9. The molecule has 3 aliphatic rings. The highest BCUT2D eigenvalue weighted by molar-refractivity contribution is 6.06. The van der Waals surface area contributed by atoms with Crippen LogP contribution in [0.1, 0.15) is 12.0 Å². The van der Waals surface area contributed by atoms with E-state index < -0.39 is 23.5 Å². The number of nitrogens with zero attached hydrogens (tertiary/aromatic N) is 3. The van der Waals surface area contributed by atoms with Crippen LogP contribution in [0.2, 0.25) is 0 Å². The molecule has 0 aliphatic carbocycles. The van der Waals surface area contributed by atoms with Gasteiger partial charge >= 0.3 is 0 Å². The van der Waals surface area contributed by atoms with Crippen LogP contribution in [0.4, 0.5) is 4.39 Å². The number of amides is 2. The van der Waals surface area contributed by atoms with E-state index in [1.807, 2.05) is 16.8 Å². The Kier molecular flexibility index (Phi) is 3.49. The van der Waals surface area contributed by atoms with Crippen molar-refractivity contribution in [1.82, 2.24) is 14.7 Å². The monoisotopic (exact) mass is 333 g/mol. The average molecular weight is 333 g/mol. The minimum atomic E-state index is -0.768. The van der Waals surface area contributed by atoms with Crippen molar-refractivity contribution in [3.8, 4) is 0 Å². The molecule has 3 fully saturated rings. The van der Waals surface area contributed by atoms with Crippen LogP contribution in [-0.4, -0.2) is 76.0 Å². The maximum atomic E-state index is 14.0. The molecule has 0 saturated carbocycles. The SMILES string of the molecule is CN1CC2(C1)C(=O)N(Cc1ccccc1F)C(=O)C1CC(O)CN12. The summed E-state index contributed by atoms with van der Waals surface area (Å²) in [5, 5.41) is 10.0. The number of piperazine rings is 1. The average Bonchev–Trinajstić information content (AvgIpc) is 2.91. The minimum absolute atomic E-state index is 0.0593. The lowest BCUT2D eigenvalue weighted by Crippen LogP contribution is -2.80. The van der Waals surface area contributed by atoms with Gasteiger partial charge in [-0.25, -0.2) is 4.39 Å². The molecule has 0 aromatic heterocycles. The van der Waals surface area contributed by atoms with E-state index in [0.717, 1.165) is 0 Å². The lowest BCUT2D eigenvalue weighted by Gasteiger charge is -2.57. The summed E-state index contributed by atoms with van der Waals surface area (Å²) in [6.45, 7) is 1.33. The Hall–Kier alpha value is -1.83. The zero-order chi connectivity index (χ0) is 17.1. The molecule has 3 aliphatic heterocycles. The molecule has 1 spiro atoms. The van der Waals surface area contributed by atoms with Gasteiger partial charge < -0.3 is 10.0 Å². The highest BCUT2D eigenvalue weighted by Crippen LogP contribution is 2.40. The fraction of sp³-hybridized carbons (Fsp3) is 0.529. The van der Waals surface area contributed by atoms with E-state index in [9.17, 15) is 19.1 Å². The van der Waals surface area contributed by atoms with E-state index in [4.69, 9.17) is 0 Å². The fourth-order valence-corrected chi connectivity index (χ4v) is 4.29. The van der Waals surface area contributed by atoms with E-state index in [-0.39, 0.29) is 18.4 Å². The van der Waals surface area contributed by atoms with Crippen LogP contribution < -0.4 is 0 Å². The third kappa shape index (κ3) is 2.12. The topological polar surface area (TPSA) is 64.1 Å². The largest absolute Gasteiger partial charge is 0.392 e. The number of aliphatic hydroxyl groups excluding tert-OH is 1. The number of fused-ring (bicyclic) bond motifs is 2. The third-order valence-electron chi connectivity index (χ3n) is 5.37. The van der Waals surface area contributed by atoms with Crippen molar-refractivity contribution in [3.05, 3.63) is 35.6 Å². The number of rotatable bonds is 2. The number of carbonyl (C=O) groups excluding carboxylic acids is 2. The molecule has 4 rings (SSSR count). The van der Waals surface area contributed by atoms with Crippen LogP contribution in [0.15, 0.2) is 24.3 Å². The number of imide groups is 1. The number of hydrogen-bond donors (Lipinski definition) is 1. The molecule has 7 heteroatoms. The van der Waals surface area contributed by atoms with Crippen LogP contribution in [-0.2, 0) is 16.1 Å². The standard InChI is InChI=1S/C17H20FN3O3/c1-19-9-17(10-19)16(24)20(7-11-4-2-3-5-13(11)18)15(23)14-6-12(22)8-21(14)17/h2-5,12,14,22H,6-10H2,1H3. The van der Waals surface area contributed by atoms with Crippen molar-refractivity contribution in [3.63, 3.8) is 0 Å². The molecule has 3 heterocycles. The Morgan fingerprint density at radius 1 is 1.29 bits per heavy atom. The second-order valence-electron chi connectivity index (χ2n) is 7.08. The first-order valence-electron chi connectivity index (χ1n) is 8.15. The Labute approximate surface area is 139 Å². The first-order chi connectivity index (χ1) is 11.4. The van der Waals surface area contributed by atoms with Gasteiger partial charge in [-0.3, -0.25) is 19.4 Å². The van der Waals surface area contributed by atoms with Gasteiger partial charge in [0.2, 0.25) is 5.91 Å². The molecule has 3 saturated heterocycles. The summed E-state index contributed by atoms with van der Waals surface area (Å²) in [4.78, 5) is 30.9. The van der Waals surface area contributed by atoms with Gasteiger partial charge in [0, 0.05) is 25.2 Å². The maximum Gasteiger partial charge on any atom is 0.252 e. The molecule has 0 radical (unpaired) electrons. The summed E-state index contributed by atoms with van der Waals surface area (Å²) in [5.74, 6) is -1.04. The smallest absolute Gasteiger partial charge is 0.252 e. The van der Waals surface area contributed by atoms with E-state index in [0.29, 0.717) is 31.6 Å². The van der Waals surface area contributed by atoms with Crippen molar-refractivity contribution in [2.75, 3.05) is 26.7 Å². The zero-order valence-electron chi connectivity index (χ0n) is 13.5. The molecule has 0 bridgehead atoms. The van der Waals surface area contributed by atoms with Gasteiger partial charge in [-0.2, -0.15) is 0 Å². The number of β-amino-alcohol motifs (C(OH)–C–C–N with tert-alkyl or cyclic N) is 1. The molecular formula is C17H20FN3O3. The summed E-state index contributed by atoms with van der Waals surface area (Å²) >= 11 is 0. The second kappa shape index (κ2) is 5.34. The van der Waals surface area contributed by atoms with Gasteiger partial charge in [0.05, 0.1) is 18.7 Å². The number of likely N-dealkylation sites (N-methyl/N-ethyl adjacent to an activating group) is 1. The minimum Gasteiger partial charge on any atom is -0.392 e. The van der Waals surface area contributed by atoms with Gasteiger partial charge in [-0.1, -0.05) is 18.2 Å². The number of benzene rings is 1. The summed E-state index contributed by atoms with van der Waals surface area (Å²) in [6.07, 6.45) is -0.284. The molecule has 1 N–H and O–H groups in total. The van der Waals surface area contributed by atoms with Gasteiger partial charge in [0.1, 0.15) is 11.4 Å². The quantitative estimate of drug-likeness (QED) is 0.761. The Bertz CT molecular complexity index is 704. The van der Waals surface area contributed by atoms with E-state index in [2.05, 4.69) is 0 Å². The lowest BCUT2D eigenvalue weighted by atomic mass is 9.83. The van der Waals surface area contributed by atoms with Crippen molar-refractivity contribution >= 4 is 11.8 Å². The molecular weight excluding hydrogens is 313 g/mol. The van der Waals surface area contributed by atoms with Crippen molar-refractivity contribution < 1.29 is 19.1 Å². The summed E-state index contributed by atoms with van der Waals surface area (Å²) in [5.41, 5.74) is -0.440. The number of halogens is 1. The summed E-state index contributed by atoms with van der Waals surface area (Å²) in [6, 6.07) is 5.68. The Balaban J connectivity index is 1.68. The first kappa shape index (κ1) is 15.7. The van der Waals surface area contributed by atoms with Gasteiger partial charge in [-0.05, 0) is 19.5 Å². The third-order valence-corrected chi connectivity index (χ3v) is 5.37. The van der Waals surface area contributed by atoms with Crippen LogP contribution in [0.25, 0.3) is 0 Å². The van der Waals surface area contributed by atoms with E-state index >= 15 is 0 Å². The molecule has 24 heavy (non-hydrogen) atoms. The van der Waals surface area contributed by atoms with Crippen molar-refractivity contribution in [1.29, 1.82) is 0 Å². The molecule has 2 amide bonds. The van der Waals surface area contributed by atoms with Gasteiger partial charge in [0.15, 0.2) is 0 Å².